The van der Waals surface area contributed by atoms with Gasteiger partial charge in [-0.1, -0.05) is 18.2 Å². The molecule has 0 saturated heterocycles. The molecule has 2 N–H and O–H groups in total. The Hall–Kier alpha value is -3.11. The Morgan fingerprint density at radius 3 is 2.53 bits per heavy atom. The summed E-state index contributed by atoms with van der Waals surface area (Å²) in [5.41, 5.74) is -0.389. The zero-order chi connectivity index (χ0) is 21.8. The zero-order valence-electron chi connectivity index (χ0n) is 17.7. The number of aliphatic hydroxyl groups is 1. The maximum absolute atomic E-state index is 12.8. The van der Waals surface area contributed by atoms with Gasteiger partial charge in [-0.25, -0.2) is 4.79 Å². The summed E-state index contributed by atoms with van der Waals surface area (Å²) in [4.78, 5) is 31.6. The molecule has 0 aliphatic heterocycles. The van der Waals surface area contributed by atoms with Crippen LogP contribution in [-0.4, -0.2) is 68.6 Å². The van der Waals surface area contributed by atoms with Gasteiger partial charge in [0.25, 0.3) is 5.56 Å². The summed E-state index contributed by atoms with van der Waals surface area (Å²) in [6.45, 7) is 1.47. The molecule has 162 valence electrons. The molecule has 1 atom stereocenters. The topological polar surface area (TPSA) is 107 Å². The van der Waals surface area contributed by atoms with Gasteiger partial charge in [0, 0.05) is 27.2 Å². The number of aryl methyl sites for hydroxylation is 1. The summed E-state index contributed by atoms with van der Waals surface area (Å²) >= 11 is 0. The van der Waals surface area contributed by atoms with E-state index in [1.807, 2.05) is 37.2 Å². The lowest BCUT2D eigenvalue weighted by Crippen LogP contribution is -2.38. The number of para-hydroxylation sites is 1. The first kappa shape index (κ1) is 21.6. The Bertz CT molecular complexity index is 1120. The van der Waals surface area contributed by atoms with Crippen molar-refractivity contribution in [2.24, 2.45) is 14.1 Å². The first-order valence-corrected chi connectivity index (χ1v) is 9.70. The van der Waals surface area contributed by atoms with E-state index in [2.05, 4.69) is 10.3 Å². The summed E-state index contributed by atoms with van der Waals surface area (Å²) in [7, 11) is 6.90. The average Bonchev–Trinajstić information content (AvgIpc) is 3.08. The van der Waals surface area contributed by atoms with Crippen LogP contribution < -0.4 is 21.3 Å². The zero-order valence-corrected chi connectivity index (χ0v) is 17.7. The van der Waals surface area contributed by atoms with E-state index in [0.29, 0.717) is 18.2 Å². The number of imidazole rings is 1. The van der Waals surface area contributed by atoms with Gasteiger partial charge in [-0.3, -0.25) is 13.9 Å². The Kier molecular flexibility index (Phi) is 6.58. The molecule has 2 heterocycles. The number of aromatic nitrogens is 4. The number of nitrogens with one attached hydrogen (secondary N) is 1. The Labute approximate surface area is 173 Å². The lowest BCUT2D eigenvalue weighted by molar-refractivity contribution is 0.0938. The van der Waals surface area contributed by atoms with Gasteiger partial charge in [0.15, 0.2) is 11.2 Å². The highest BCUT2D eigenvalue weighted by molar-refractivity contribution is 5.74. The molecule has 30 heavy (non-hydrogen) atoms. The van der Waals surface area contributed by atoms with Gasteiger partial charge < -0.3 is 24.6 Å². The van der Waals surface area contributed by atoms with Crippen LogP contribution >= 0.6 is 0 Å². The van der Waals surface area contributed by atoms with Crippen LogP contribution in [0.3, 0.4) is 0 Å². The van der Waals surface area contributed by atoms with Crippen molar-refractivity contribution < 1.29 is 9.84 Å². The van der Waals surface area contributed by atoms with E-state index in [-0.39, 0.29) is 24.3 Å². The number of likely N-dealkylation sites (N-methyl/N-ethyl adjacent to an activating group) is 1. The van der Waals surface area contributed by atoms with Crippen LogP contribution in [0.1, 0.15) is 0 Å². The molecule has 0 bridgehead atoms. The van der Waals surface area contributed by atoms with E-state index >= 15 is 0 Å². The maximum atomic E-state index is 12.8. The highest BCUT2D eigenvalue weighted by atomic mass is 16.5. The van der Waals surface area contributed by atoms with Gasteiger partial charge in [0.2, 0.25) is 5.95 Å². The van der Waals surface area contributed by atoms with Crippen LogP contribution in [0.5, 0.6) is 5.75 Å². The fourth-order valence-electron chi connectivity index (χ4n) is 3.12. The summed E-state index contributed by atoms with van der Waals surface area (Å²) in [6.07, 6.45) is -0.890. The van der Waals surface area contributed by atoms with Gasteiger partial charge in [0.05, 0.1) is 6.54 Å². The van der Waals surface area contributed by atoms with Gasteiger partial charge >= 0.3 is 5.69 Å². The average molecular weight is 416 g/mol. The van der Waals surface area contributed by atoms with Crippen LogP contribution in [0.25, 0.3) is 11.2 Å². The third-order valence-corrected chi connectivity index (χ3v) is 4.77. The third-order valence-electron chi connectivity index (χ3n) is 4.77. The molecular formula is C20H28N6O4. The number of anilines is 1. The number of rotatable bonds is 9. The molecule has 10 nitrogen and oxygen atoms in total. The van der Waals surface area contributed by atoms with Crippen molar-refractivity contribution in [3.05, 3.63) is 51.2 Å². The predicted octanol–water partition coefficient (Wildman–Crippen LogP) is -0.153. The molecule has 3 aromatic rings. The van der Waals surface area contributed by atoms with Crippen LogP contribution in [0.4, 0.5) is 5.95 Å². The number of benzene rings is 1. The molecule has 0 unspecified atom stereocenters. The van der Waals surface area contributed by atoms with Gasteiger partial charge in [-0.2, -0.15) is 4.98 Å². The van der Waals surface area contributed by atoms with Gasteiger partial charge in [-0.05, 0) is 26.2 Å². The molecule has 0 amide bonds. The number of hydrogen-bond acceptors (Lipinski definition) is 7. The molecule has 3 rings (SSSR count). The molecule has 0 aliphatic carbocycles. The van der Waals surface area contributed by atoms with Crippen molar-refractivity contribution >= 4 is 17.1 Å². The van der Waals surface area contributed by atoms with E-state index in [1.165, 1.54) is 11.6 Å². The smallest absolute Gasteiger partial charge is 0.332 e. The van der Waals surface area contributed by atoms with Crippen molar-refractivity contribution in [3.8, 4) is 5.75 Å². The minimum absolute atomic E-state index is 0.0485. The summed E-state index contributed by atoms with van der Waals surface area (Å²) in [5.74, 6) is 1.07. The van der Waals surface area contributed by atoms with Crippen molar-refractivity contribution in [1.82, 2.24) is 23.6 Å². The number of hydrogen-bond donors (Lipinski definition) is 2. The highest BCUT2D eigenvalue weighted by Crippen LogP contribution is 2.17. The van der Waals surface area contributed by atoms with Crippen molar-refractivity contribution in [1.29, 1.82) is 0 Å². The molecule has 0 saturated carbocycles. The molecule has 0 fully saturated rings. The number of fused-ring (bicyclic) bond motifs is 1. The van der Waals surface area contributed by atoms with Crippen LogP contribution in [0.2, 0.25) is 0 Å². The van der Waals surface area contributed by atoms with E-state index in [4.69, 9.17) is 4.74 Å². The standard InChI is InChI=1S/C20H28N6O4/c1-23(2)11-10-21-19-22-17-16(18(28)25(4)20(29)24(17)3)26(19)12-14(27)13-30-15-8-6-5-7-9-15/h5-9,14,27H,10-13H2,1-4H3,(H,21,22)/t14-/m0/s1. The lowest BCUT2D eigenvalue weighted by Gasteiger charge is -2.17. The second-order valence-corrected chi connectivity index (χ2v) is 7.43. The second-order valence-electron chi connectivity index (χ2n) is 7.43. The molecule has 0 radical (unpaired) electrons. The van der Waals surface area contributed by atoms with E-state index < -0.39 is 17.4 Å². The molecule has 0 spiro atoms. The summed E-state index contributed by atoms with van der Waals surface area (Å²) < 4.78 is 9.61. The van der Waals surface area contributed by atoms with E-state index in [1.54, 1.807) is 23.7 Å². The number of ether oxygens (including phenoxy) is 1. The van der Waals surface area contributed by atoms with Crippen molar-refractivity contribution in [2.75, 3.05) is 39.1 Å². The molecule has 0 aliphatic rings. The van der Waals surface area contributed by atoms with E-state index in [9.17, 15) is 14.7 Å². The minimum Gasteiger partial charge on any atom is -0.491 e. The fraction of sp³-hybridized carbons (Fsp3) is 0.450. The first-order valence-electron chi connectivity index (χ1n) is 9.70. The first-order chi connectivity index (χ1) is 14.3. The SMILES string of the molecule is CN(C)CCNc1nc2c(c(=O)n(C)c(=O)n2C)n1C[C@H](O)COc1ccccc1. The quantitative estimate of drug-likeness (QED) is 0.500. The van der Waals surface area contributed by atoms with Crippen LogP contribution in [0.15, 0.2) is 39.9 Å². The molecule has 1 aromatic carbocycles. The highest BCUT2D eigenvalue weighted by Gasteiger charge is 2.21. The minimum atomic E-state index is -0.890. The normalized spacial score (nSPS) is 12.5. The van der Waals surface area contributed by atoms with Gasteiger partial charge in [-0.15, -0.1) is 0 Å². The molecular weight excluding hydrogens is 388 g/mol. The molecule has 10 heteroatoms. The van der Waals surface area contributed by atoms with E-state index in [0.717, 1.165) is 11.1 Å². The van der Waals surface area contributed by atoms with Crippen molar-refractivity contribution in [3.63, 3.8) is 0 Å². The Morgan fingerprint density at radius 1 is 1.17 bits per heavy atom. The monoisotopic (exact) mass is 416 g/mol. The summed E-state index contributed by atoms with van der Waals surface area (Å²) in [5, 5.41) is 13.8. The third kappa shape index (κ3) is 4.55. The Morgan fingerprint density at radius 2 is 1.87 bits per heavy atom. The lowest BCUT2D eigenvalue weighted by atomic mass is 10.3. The summed E-state index contributed by atoms with van der Waals surface area (Å²) in [6, 6.07) is 9.19. The predicted molar refractivity (Wildman–Crippen MR) is 115 cm³/mol. The number of aliphatic hydroxyl groups excluding tert-OH is 1. The van der Waals surface area contributed by atoms with Crippen LogP contribution in [-0.2, 0) is 20.6 Å². The van der Waals surface area contributed by atoms with Crippen molar-refractivity contribution in [2.45, 2.75) is 12.6 Å². The number of nitrogens with zero attached hydrogens (tertiary/aromatic N) is 5. The van der Waals surface area contributed by atoms with Crippen LogP contribution in [0, 0.1) is 0 Å². The molecule has 2 aromatic heterocycles. The maximum Gasteiger partial charge on any atom is 0.332 e. The fourth-order valence-corrected chi connectivity index (χ4v) is 3.12. The second kappa shape index (κ2) is 9.14. The Balaban J connectivity index is 1.93. The van der Waals surface area contributed by atoms with Gasteiger partial charge in [0.1, 0.15) is 18.5 Å². The largest absolute Gasteiger partial charge is 0.491 e.